The predicted octanol–water partition coefficient (Wildman–Crippen LogP) is 3.89. The molecule has 3 fully saturated rings. The summed E-state index contributed by atoms with van der Waals surface area (Å²) in [6.45, 7) is 1.72. The van der Waals surface area contributed by atoms with Gasteiger partial charge in [0.25, 0.3) is 0 Å². The van der Waals surface area contributed by atoms with Gasteiger partial charge in [0.2, 0.25) is 17.6 Å². The second-order valence-electron chi connectivity index (χ2n) is 9.15. The molecule has 7 atom stereocenters. The molecule has 2 bridgehead atoms. The van der Waals surface area contributed by atoms with E-state index in [-0.39, 0.29) is 41.3 Å². The minimum Gasteiger partial charge on any atom is -0.483 e. The highest BCUT2D eigenvalue weighted by molar-refractivity contribution is 6.22. The quantitative estimate of drug-likeness (QED) is 0.424. The fourth-order valence-electron chi connectivity index (χ4n) is 5.98. The predicted molar refractivity (Wildman–Crippen MR) is 114 cm³/mol. The van der Waals surface area contributed by atoms with Gasteiger partial charge in [0.05, 0.1) is 17.5 Å². The topological polar surface area (TPSA) is 63.7 Å². The van der Waals surface area contributed by atoms with E-state index in [1.807, 2.05) is 18.2 Å². The zero-order valence-electron chi connectivity index (χ0n) is 17.2. The average Bonchev–Trinajstić information content (AvgIpc) is 3.58. The summed E-state index contributed by atoms with van der Waals surface area (Å²) < 4.78 is 5.81. The van der Waals surface area contributed by atoms with E-state index < -0.39 is 6.10 Å². The summed E-state index contributed by atoms with van der Waals surface area (Å²) in [5, 5.41) is 0. The van der Waals surface area contributed by atoms with Crippen LogP contribution in [0.4, 0.5) is 5.69 Å². The first-order valence-corrected chi connectivity index (χ1v) is 11.0. The molecule has 0 aromatic heterocycles. The van der Waals surface area contributed by atoms with Crippen LogP contribution < -0.4 is 9.64 Å². The van der Waals surface area contributed by atoms with E-state index in [2.05, 4.69) is 12.2 Å². The maximum Gasteiger partial charge on any atom is 0.238 e. The standard InChI is InChI=1S/C26H23NO4/c1-14(24(28)15-5-3-2-4-6-15)31-17-9-7-16(8-10-17)27-25(29)22-18-11-12-19(21-13-20(18)21)23(22)26(27)30/h2-12,14,18-23H,13H2,1H3. The van der Waals surface area contributed by atoms with Crippen LogP contribution in [0.2, 0.25) is 0 Å². The first-order valence-electron chi connectivity index (χ1n) is 11.0. The van der Waals surface area contributed by atoms with Gasteiger partial charge in [0.15, 0.2) is 6.10 Å². The number of ketones is 1. The highest BCUT2D eigenvalue weighted by Crippen LogP contribution is 2.65. The lowest BCUT2D eigenvalue weighted by Crippen LogP contribution is -2.40. The number of anilines is 1. The molecule has 5 heteroatoms. The Labute approximate surface area is 180 Å². The molecule has 5 aliphatic rings. The molecular formula is C26H23NO4. The maximum atomic E-state index is 13.2. The molecule has 2 aromatic rings. The molecule has 1 aliphatic heterocycles. The van der Waals surface area contributed by atoms with Crippen molar-refractivity contribution >= 4 is 23.3 Å². The third-order valence-electron chi connectivity index (χ3n) is 7.50. The minimum absolute atomic E-state index is 0.0685. The number of rotatable bonds is 5. The highest BCUT2D eigenvalue weighted by atomic mass is 16.5. The molecular weight excluding hydrogens is 390 g/mol. The van der Waals surface area contributed by atoms with Crippen molar-refractivity contribution in [3.05, 3.63) is 72.3 Å². The van der Waals surface area contributed by atoms with E-state index in [1.54, 1.807) is 43.3 Å². The molecule has 5 nitrogen and oxygen atoms in total. The number of benzene rings is 2. The zero-order chi connectivity index (χ0) is 21.3. The normalized spacial score (nSPS) is 33.1. The Morgan fingerprint density at radius 3 is 2.06 bits per heavy atom. The summed E-state index contributed by atoms with van der Waals surface area (Å²) in [5.41, 5.74) is 1.18. The largest absolute Gasteiger partial charge is 0.483 e. The molecule has 31 heavy (non-hydrogen) atoms. The van der Waals surface area contributed by atoms with Crippen LogP contribution in [0, 0.1) is 35.5 Å². The van der Waals surface area contributed by atoms with Gasteiger partial charge >= 0.3 is 0 Å². The number of hydrogen-bond donors (Lipinski definition) is 0. The van der Waals surface area contributed by atoms with E-state index in [9.17, 15) is 14.4 Å². The third kappa shape index (κ3) is 2.72. The number of nitrogens with zero attached hydrogens (tertiary/aromatic N) is 1. The van der Waals surface area contributed by atoms with Crippen LogP contribution in [0.15, 0.2) is 66.7 Å². The van der Waals surface area contributed by atoms with Gasteiger partial charge in [-0.05, 0) is 61.3 Å². The Kier molecular flexibility index (Phi) is 3.98. The van der Waals surface area contributed by atoms with Gasteiger partial charge in [-0.25, -0.2) is 0 Å². The summed E-state index contributed by atoms with van der Waals surface area (Å²) in [4.78, 5) is 40.3. The second-order valence-corrected chi connectivity index (χ2v) is 9.15. The minimum atomic E-state index is -0.639. The Bertz CT molecular complexity index is 1070. The smallest absolute Gasteiger partial charge is 0.238 e. The molecule has 2 amide bonds. The Morgan fingerprint density at radius 1 is 0.903 bits per heavy atom. The summed E-state index contributed by atoms with van der Waals surface area (Å²) in [7, 11) is 0. The van der Waals surface area contributed by atoms with Gasteiger partial charge in [-0.1, -0.05) is 42.5 Å². The number of allylic oxidation sites excluding steroid dienone is 2. The maximum absolute atomic E-state index is 13.2. The third-order valence-corrected chi connectivity index (χ3v) is 7.50. The fraction of sp³-hybridized carbons (Fsp3) is 0.346. The van der Waals surface area contributed by atoms with Crippen LogP contribution in [-0.4, -0.2) is 23.7 Å². The van der Waals surface area contributed by atoms with Crippen molar-refractivity contribution in [1.29, 1.82) is 0 Å². The molecule has 156 valence electrons. The van der Waals surface area contributed by atoms with E-state index in [1.165, 1.54) is 4.90 Å². The van der Waals surface area contributed by atoms with Crippen molar-refractivity contribution < 1.29 is 19.1 Å². The van der Waals surface area contributed by atoms with Crippen molar-refractivity contribution in [2.75, 3.05) is 4.90 Å². The van der Waals surface area contributed by atoms with Crippen LogP contribution in [-0.2, 0) is 9.59 Å². The van der Waals surface area contributed by atoms with Gasteiger partial charge in [-0.15, -0.1) is 0 Å². The van der Waals surface area contributed by atoms with Gasteiger partial charge in [0.1, 0.15) is 5.75 Å². The SMILES string of the molecule is CC(Oc1ccc(N2C(=O)C3C4C=CC(C5CC45)C3C2=O)cc1)C(=O)c1ccccc1. The molecule has 0 spiro atoms. The van der Waals surface area contributed by atoms with Crippen molar-refractivity contribution in [3.8, 4) is 5.75 Å². The molecule has 4 aliphatic carbocycles. The fourth-order valence-corrected chi connectivity index (χ4v) is 5.98. The van der Waals surface area contributed by atoms with Gasteiger partial charge in [-0.2, -0.15) is 0 Å². The molecule has 7 rings (SSSR count). The van der Waals surface area contributed by atoms with E-state index in [0.717, 1.165) is 6.42 Å². The number of carbonyl (C=O) groups excluding carboxylic acids is 3. The molecule has 1 saturated heterocycles. The molecule has 0 radical (unpaired) electrons. The van der Waals surface area contributed by atoms with Crippen molar-refractivity contribution in [2.24, 2.45) is 35.5 Å². The molecule has 7 unspecified atom stereocenters. The lowest BCUT2D eigenvalue weighted by atomic mass is 9.63. The van der Waals surface area contributed by atoms with Gasteiger partial charge in [-0.3, -0.25) is 19.3 Å². The number of hydrogen-bond acceptors (Lipinski definition) is 4. The Morgan fingerprint density at radius 2 is 1.48 bits per heavy atom. The van der Waals surface area contributed by atoms with Gasteiger partial charge < -0.3 is 4.74 Å². The van der Waals surface area contributed by atoms with Crippen LogP contribution in [0.3, 0.4) is 0 Å². The Hall–Kier alpha value is -3.21. The van der Waals surface area contributed by atoms with Crippen molar-refractivity contribution in [1.82, 2.24) is 0 Å². The summed E-state index contributed by atoms with van der Waals surface area (Å²) >= 11 is 0. The molecule has 2 saturated carbocycles. The average molecular weight is 413 g/mol. The lowest BCUT2D eigenvalue weighted by molar-refractivity contribution is -0.124. The number of Topliss-reactive ketones (excluding diaryl/α,β-unsaturated/α-hetero) is 1. The monoisotopic (exact) mass is 413 g/mol. The molecule has 1 heterocycles. The van der Waals surface area contributed by atoms with Crippen LogP contribution in [0.25, 0.3) is 0 Å². The van der Waals surface area contributed by atoms with E-state index in [4.69, 9.17) is 4.74 Å². The zero-order valence-corrected chi connectivity index (χ0v) is 17.2. The summed E-state index contributed by atoms with van der Waals surface area (Å²) in [6, 6.07) is 15.9. The van der Waals surface area contributed by atoms with Crippen LogP contribution in [0.1, 0.15) is 23.7 Å². The number of amides is 2. The summed E-state index contributed by atoms with van der Waals surface area (Å²) in [5.74, 6) is 1.50. The Balaban J connectivity index is 1.19. The molecule has 0 N–H and O–H groups in total. The summed E-state index contributed by atoms with van der Waals surface area (Å²) in [6.07, 6.45) is 4.87. The van der Waals surface area contributed by atoms with E-state index in [0.29, 0.717) is 28.8 Å². The first kappa shape index (κ1) is 18.6. The lowest BCUT2D eigenvalue weighted by Gasteiger charge is -2.37. The van der Waals surface area contributed by atoms with Crippen LogP contribution >= 0.6 is 0 Å². The molecule has 2 aromatic carbocycles. The van der Waals surface area contributed by atoms with Gasteiger partial charge in [0, 0.05) is 5.56 Å². The highest BCUT2D eigenvalue weighted by Gasteiger charge is 2.67. The van der Waals surface area contributed by atoms with Crippen molar-refractivity contribution in [3.63, 3.8) is 0 Å². The number of imide groups is 1. The second kappa shape index (κ2) is 6.64. The van der Waals surface area contributed by atoms with E-state index >= 15 is 0 Å². The van der Waals surface area contributed by atoms with Crippen LogP contribution in [0.5, 0.6) is 5.75 Å². The first-order chi connectivity index (χ1) is 15.0. The number of ether oxygens (including phenoxy) is 1. The number of carbonyl (C=O) groups is 3. The van der Waals surface area contributed by atoms with Crippen molar-refractivity contribution in [2.45, 2.75) is 19.4 Å².